The van der Waals surface area contributed by atoms with Gasteiger partial charge in [0.2, 0.25) is 0 Å². The van der Waals surface area contributed by atoms with E-state index in [2.05, 4.69) is 23.8 Å². The molecule has 0 aliphatic carbocycles. The van der Waals surface area contributed by atoms with Gasteiger partial charge < -0.3 is 0 Å². The van der Waals surface area contributed by atoms with Crippen molar-refractivity contribution in [3.05, 3.63) is 17.5 Å². The van der Waals surface area contributed by atoms with Crippen LogP contribution in [0.25, 0.3) is 0 Å². The molecule has 0 aliphatic rings. The van der Waals surface area contributed by atoms with Gasteiger partial charge in [-0.2, -0.15) is 0 Å². The monoisotopic (exact) mass is 202 g/mol. The lowest BCUT2D eigenvalue weighted by Crippen LogP contribution is -1.91. The Bertz CT molecular complexity index is 253. The van der Waals surface area contributed by atoms with Crippen molar-refractivity contribution in [3.8, 4) is 0 Å². The molecule has 1 aromatic rings. The molecule has 0 spiro atoms. The van der Waals surface area contributed by atoms with Crippen LogP contribution in [0, 0.1) is 5.92 Å². The standard InChI is InChI=1S/C8H11ClN2S/c1-6(2)4-12-8-3-7(9)10-5-11-8/h3,5-6H,4H2,1-2H3. The van der Waals surface area contributed by atoms with E-state index in [4.69, 9.17) is 11.6 Å². The van der Waals surface area contributed by atoms with E-state index in [-0.39, 0.29) is 0 Å². The highest BCUT2D eigenvalue weighted by Crippen LogP contribution is 2.19. The summed E-state index contributed by atoms with van der Waals surface area (Å²) in [4.78, 5) is 7.89. The Labute approximate surface area is 81.8 Å². The van der Waals surface area contributed by atoms with Crippen LogP contribution >= 0.6 is 23.4 Å². The van der Waals surface area contributed by atoms with Crippen LogP contribution in [0.4, 0.5) is 0 Å². The van der Waals surface area contributed by atoms with E-state index < -0.39 is 0 Å². The van der Waals surface area contributed by atoms with Crippen LogP contribution in [0.5, 0.6) is 0 Å². The molecular weight excluding hydrogens is 192 g/mol. The molecule has 1 aromatic heterocycles. The van der Waals surface area contributed by atoms with E-state index in [9.17, 15) is 0 Å². The number of hydrogen-bond donors (Lipinski definition) is 0. The molecule has 0 fully saturated rings. The molecule has 4 heteroatoms. The number of hydrogen-bond acceptors (Lipinski definition) is 3. The molecule has 1 rings (SSSR count). The lowest BCUT2D eigenvalue weighted by Gasteiger charge is -2.02. The lowest BCUT2D eigenvalue weighted by atomic mass is 10.3. The normalized spacial score (nSPS) is 10.7. The molecule has 0 saturated carbocycles. The summed E-state index contributed by atoms with van der Waals surface area (Å²) in [7, 11) is 0. The zero-order valence-corrected chi connectivity index (χ0v) is 8.69. The quantitative estimate of drug-likeness (QED) is 0.557. The Hall–Kier alpha value is -0.280. The zero-order valence-electron chi connectivity index (χ0n) is 7.12. The van der Waals surface area contributed by atoms with Gasteiger partial charge in [-0.05, 0) is 5.92 Å². The van der Waals surface area contributed by atoms with Crippen molar-refractivity contribution in [1.29, 1.82) is 0 Å². The van der Waals surface area contributed by atoms with Gasteiger partial charge in [-0.15, -0.1) is 11.8 Å². The van der Waals surface area contributed by atoms with Crippen LogP contribution in [0.15, 0.2) is 17.4 Å². The second-order valence-corrected chi connectivity index (χ2v) is 4.31. The smallest absolute Gasteiger partial charge is 0.133 e. The van der Waals surface area contributed by atoms with Gasteiger partial charge in [0.25, 0.3) is 0 Å². The molecule has 0 aromatic carbocycles. The van der Waals surface area contributed by atoms with E-state index in [1.165, 1.54) is 6.33 Å². The maximum Gasteiger partial charge on any atom is 0.133 e. The summed E-state index contributed by atoms with van der Waals surface area (Å²) in [6.07, 6.45) is 1.49. The number of aromatic nitrogens is 2. The van der Waals surface area contributed by atoms with Crippen molar-refractivity contribution in [1.82, 2.24) is 9.97 Å². The van der Waals surface area contributed by atoms with E-state index in [1.807, 2.05) is 0 Å². The van der Waals surface area contributed by atoms with Gasteiger partial charge in [0.05, 0.1) is 0 Å². The molecular formula is C8H11ClN2S. The Morgan fingerprint density at radius 3 is 2.83 bits per heavy atom. The summed E-state index contributed by atoms with van der Waals surface area (Å²) < 4.78 is 0. The van der Waals surface area contributed by atoms with Crippen LogP contribution in [-0.4, -0.2) is 15.7 Å². The molecule has 0 radical (unpaired) electrons. The summed E-state index contributed by atoms with van der Waals surface area (Å²) in [5.74, 6) is 1.73. The van der Waals surface area contributed by atoms with E-state index in [0.717, 1.165) is 10.8 Å². The Balaban J connectivity index is 2.52. The minimum Gasteiger partial charge on any atom is -0.230 e. The molecule has 0 amide bonds. The third kappa shape index (κ3) is 3.41. The fourth-order valence-electron chi connectivity index (χ4n) is 0.648. The minimum absolute atomic E-state index is 0.510. The molecule has 12 heavy (non-hydrogen) atoms. The molecule has 0 aliphatic heterocycles. The predicted molar refractivity (Wildman–Crippen MR) is 52.6 cm³/mol. The highest BCUT2D eigenvalue weighted by atomic mass is 35.5. The predicted octanol–water partition coefficient (Wildman–Crippen LogP) is 2.88. The molecule has 0 bridgehead atoms. The first-order valence-corrected chi connectivity index (χ1v) is 5.15. The number of rotatable bonds is 3. The van der Waals surface area contributed by atoms with Gasteiger partial charge in [0.1, 0.15) is 16.5 Å². The topological polar surface area (TPSA) is 25.8 Å². The average molecular weight is 203 g/mol. The molecule has 1 heterocycles. The van der Waals surface area contributed by atoms with Crippen LogP contribution in [0.1, 0.15) is 13.8 Å². The zero-order chi connectivity index (χ0) is 8.97. The number of halogens is 1. The Morgan fingerprint density at radius 2 is 2.25 bits per heavy atom. The SMILES string of the molecule is CC(C)CSc1cc(Cl)ncn1. The summed E-state index contributed by atoms with van der Waals surface area (Å²) in [6, 6.07) is 1.79. The maximum atomic E-state index is 5.70. The lowest BCUT2D eigenvalue weighted by molar-refractivity contribution is 0.749. The summed E-state index contributed by atoms with van der Waals surface area (Å²) in [5.41, 5.74) is 0. The second kappa shape index (κ2) is 4.67. The highest BCUT2D eigenvalue weighted by molar-refractivity contribution is 7.99. The number of thioether (sulfide) groups is 1. The van der Waals surface area contributed by atoms with Crippen LogP contribution in [0.2, 0.25) is 5.15 Å². The first-order chi connectivity index (χ1) is 5.68. The largest absolute Gasteiger partial charge is 0.230 e. The van der Waals surface area contributed by atoms with E-state index in [1.54, 1.807) is 17.8 Å². The third-order valence-corrected chi connectivity index (χ3v) is 2.73. The van der Waals surface area contributed by atoms with Crippen molar-refractivity contribution < 1.29 is 0 Å². The molecule has 0 saturated heterocycles. The van der Waals surface area contributed by atoms with Gasteiger partial charge in [-0.3, -0.25) is 0 Å². The average Bonchev–Trinajstić information content (AvgIpc) is 2.01. The van der Waals surface area contributed by atoms with Crippen molar-refractivity contribution in [2.45, 2.75) is 18.9 Å². The first-order valence-electron chi connectivity index (χ1n) is 3.79. The van der Waals surface area contributed by atoms with Crippen molar-refractivity contribution in [2.24, 2.45) is 5.92 Å². The van der Waals surface area contributed by atoms with Crippen molar-refractivity contribution in [2.75, 3.05) is 5.75 Å². The van der Waals surface area contributed by atoms with Gasteiger partial charge in [0, 0.05) is 11.8 Å². The highest BCUT2D eigenvalue weighted by Gasteiger charge is 1.99. The van der Waals surface area contributed by atoms with Gasteiger partial charge in [0.15, 0.2) is 0 Å². The second-order valence-electron chi connectivity index (χ2n) is 2.88. The fraction of sp³-hybridized carbons (Fsp3) is 0.500. The summed E-state index contributed by atoms with van der Waals surface area (Å²) in [6.45, 7) is 4.35. The van der Waals surface area contributed by atoms with E-state index >= 15 is 0 Å². The van der Waals surface area contributed by atoms with Crippen molar-refractivity contribution >= 4 is 23.4 Å². The summed E-state index contributed by atoms with van der Waals surface area (Å²) in [5, 5.41) is 1.46. The third-order valence-electron chi connectivity index (χ3n) is 1.17. The fourth-order valence-corrected chi connectivity index (χ4v) is 1.68. The van der Waals surface area contributed by atoms with Crippen molar-refractivity contribution in [3.63, 3.8) is 0 Å². The van der Waals surface area contributed by atoms with Gasteiger partial charge in [-0.1, -0.05) is 25.4 Å². The van der Waals surface area contributed by atoms with Gasteiger partial charge >= 0.3 is 0 Å². The Kier molecular flexibility index (Phi) is 3.82. The van der Waals surface area contributed by atoms with E-state index in [0.29, 0.717) is 11.1 Å². The van der Waals surface area contributed by atoms with Crippen LogP contribution in [0.3, 0.4) is 0 Å². The number of nitrogens with zero attached hydrogens (tertiary/aromatic N) is 2. The first kappa shape index (κ1) is 9.81. The summed E-state index contributed by atoms with van der Waals surface area (Å²) >= 11 is 7.40. The van der Waals surface area contributed by atoms with Gasteiger partial charge in [-0.25, -0.2) is 9.97 Å². The minimum atomic E-state index is 0.510. The van der Waals surface area contributed by atoms with Crippen LogP contribution in [-0.2, 0) is 0 Å². The maximum absolute atomic E-state index is 5.70. The Morgan fingerprint density at radius 1 is 1.50 bits per heavy atom. The van der Waals surface area contributed by atoms with Crippen LogP contribution < -0.4 is 0 Å². The molecule has 66 valence electrons. The molecule has 2 nitrogen and oxygen atoms in total. The molecule has 0 unspecified atom stereocenters. The molecule has 0 atom stereocenters. The molecule has 0 N–H and O–H groups in total.